The van der Waals surface area contributed by atoms with E-state index in [1.165, 1.54) is 37.7 Å². The molecule has 1 aromatic heterocycles. The van der Waals surface area contributed by atoms with Crippen molar-refractivity contribution in [3.63, 3.8) is 0 Å². The van der Waals surface area contributed by atoms with Gasteiger partial charge in [0.05, 0.1) is 6.61 Å². The second-order valence-corrected chi connectivity index (χ2v) is 5.64. The predicted octanol–water partition coefficient (Wildman–Crippen LogP) is 2.49. The number of aromatic nitrogens is 1. The minimum absolute atomic E-state index is 0.181. The normalized spacial score (nSPS) is 17.9. The zero-order valence-electron chi connectivity index (χ0n) is 12.7. The number of anilines is 1. The van der Waals surface area contributed by atoms with Crippen LogP contribution >= 0.6 is 0 Å². The van der Waals surface area contributed by atoms with Gasteiger partial charge in [-0.25, -0.2) is 4.98 Å². The van der Waals surface area contributed by atoms with Crippen LogP contribution in [0.25, 0.3) is 0 Å². The molecular weight excluding hydrogens is 250 g/mol. The summed E-state index contributed by atoms with van der Waals surface area (Å²) < 4.78 is 0. The topological polar surface area (TPSA) is 48.4 Å². The van der Waals surface area contributed by atoms with Crippen LogP contribution in [-0.2, 0) is 0 Å². The standard InChI is InChI=1S/C16H27N3O/c1-13(17-2)15-9-6-10-18-16(15)19(11-12-20)14-7-4-3-5-8-14/h6,9-10,13-14,17,20H,3-5,7-8,11-12H2,1-2H3. The highest BCUT2D eigenvalue weighted by Gasteiger charge is 2.24. The van der Waals surface area contributed by atoms with Gasteiger partial charge in [0.2, 0.25) is 0 Å². The fourth-order valence-corrected chi connectivity index (χ4v) is 3.10. The summed E-state index contributed by atoms with van der Waals surface area (Å²) in [6.07, 6.45) is 8.19. The maximum atomic E-state index is 9.43. The number of pyridine rings is 1. The van der Waals surface area contributed by atoms with Crippen LogP contribution in [0.2, 0.25) is 0 Å². The number of aliphatic hydroxyl groups excluding tert-OH is 1. The molecule has 1 atom stereocenters. The lowest BCUT2D eigenvalue weighted by Crippen LogP contribution is -2.40. The number of hydrogen-bond donors (Lipinski definition) is 2. The first kappa shape index (κ1) is 15.3. The molecule has 4 heteroatoms. The Kier molecular flexibility index (Phi) is 5.80. The van der Waals surface area contributed by atoms with E-state index in [-0.39, 0.29) is 12.6 Å². The summed E-state index contributed by atoms with van der Waals surface area (Å²) in [5, 5.41) is 12.7. The largest absolute Gasteiger partial charge is 0.395 e. The van der Waals surface area contributed by atoms with Gasteiger partial charge < -0.3 is 15.3 Å². The van der Waals surface area contributed by atoms with Gasteiger partial charge >= 0.3 is 0 Å². The quantitative estimate of drug-likeness (QED) is 0.839. The smallest absolute Gasteiger partial charge is 0.133 e. The number of hydrogen-bond acceptors (Lipinski definition) is 4. The van der Waals surface area contributed by atoms with Gasteiger partial charge in [-0.05, 0) is 32.9 Å². The average Bonchev–Trinajstić information content (AvgIpc) is 2.53. The molecule has 1 heterocycles. The van der Waals surface area contributed by atoms with Gasteiger partial charge in [-0.3, -0.25) is 0 Å². The van der Waals surface area contributed by atoms with E-state index in [9.17, 15) is 5.11 Å². The van der Waals surface area contributed by atoms with E-state index < -0.39 is 0 Å². The highest BCUT2D eigenvalue weighted by atomic mass is 16.3. The SMILES string of the molecule is CNC(C)c1cccnc1N(CCO)C1CCCCC1. The summed E-state index contributed by atoms with van der Waals surface area (Å²) in [6.45, 7) is 3.00. The van der Waals surface area contributed by atoms with Crippen LogP contribution in [0.15, 0.2) is 18.3 Å². The molecule has 1 saturated carbocycles. The van der Waals surface area contributed by atoms with Crippen LogP contribution < -0.4 is 10.2 Å². The lowest BCUT2D eigenvalue weighted by atomic mass is 9.93. The molecule has 0 amide bonds. The van der Waals surface area contributed by atoms with E-state index in [2.05, 4.69) is 28.2 Å². The van der Waals surface area contributed by atoms with Gasteiger partial charge in [0.1, 0.15) is 5.82 Å². The maximum absolute atomic E-state index is 9.43. The van der Waals surface area contributed by atoms with Crippen LogP contribution in [0.3, 0.4) is 0 Å². The van der Waals surface area contributed by atoms with Gasteiger partial charge in [-0.15, -0.1) is 0 Å². The Bertz CT molecular complexity index is 404. The molecule has 20 heavy (non-hydrogen) atoms. The first-order chi connectivity index (χ1) is 9.77. The van der Waals surface area contributed by atoms with Gasteiger partial charge in [-0.2, -0.15) is 0 Å². The third kappa shape index (κ3) is 3.49. The van der Waals surface area contributed by atoms with Crippen molar-refractivity contribution in [3.05, 3.63) is 23.9 Å². The van der Waals surface area contributed by atoms with Gasteiger partial charge in [-0.1, -0.05) is 25.3 Å². The third-order valence-corrected chi connectivity index (χ3v) is 4.34. The van der Waals surface area contributed by atoms with Crippen LogP contribution in [0, 0.1) is 0 Å². The molecule has 1 aromatic rings. The Hall–Kier alpha value is -1.13. The van der Waals surface area contributed by atoms with Crippen molar-refractivity contribution in [3.8, 4) is 0 Å². The van der Waals surface area contributed by atoms with Crippen molar-refractivity contribution in [1.29, 1.82) is 0 Å². The predicted molar refractivity (Wildman–Crippen MR) is 83.0 cm³/mol. The molecule has 0 bridgehead atoms. The van der Waals surface area contributed by atoms with Gasteiger partial charge in [0.15, 0.2) is 0 Å². The third-order valence-electron chi connectivity index (χ3n) is 4.34. The Morgan fingerprint density at radius 3 is 2.80 bits per heavy atom. The van der Waals surface area contributed by atoms with Gasteiger partial charge in [0.25, 0.3) is 0 Å². The summed E-state index contributed by atoms with van der Waals surface area (Å²) in [7, 11) is 1.97. The molecule has 1 fully saturated rings. The number of aliphatic hydroxyl groups is 1. The van der Waals surface area contributed by atoms with E-state index in [4.69, 9.17) is 0 Å². The first-order valence-corrected chi connectivity index (χ1v) is 7.77. The molecule has 4 nitrogen and oxygen atoms in total. The molecule has 2 rings (SSSR count). The zero-order valence-corrected chi connectivity index (χ0v) is 12.7. The monoisotopic (exact) mass is 277 g/mol. The van der Waals surface area contributed by atoms with Crippen LogP contribution in [0.4, 0.5) is 5.82 Å². The fourth-order valence-electron chi connectivity index (χ4n) is 3.10. The molecule has 0 saturated heterocycles. The van der Waals surface area contributed by atoms with Crippen LogP contribution in [0.1, 0.15) is 50.6 Å². The average molecular weight is 277 g/mol. The van der Waals surface area contributed by atoms with Crippen molar-refractivity contribution >= 4 is 5.82 Å². The van der Waals surface area contributed by atoms with E-state index in [0.29, 0.717) is 12.6 Å². The van der Waals surface area contributed by atoms with Crippen molar-refractivity contribution in [2.75, 3.05) is 25.1 Å². The molecule has 112 valence electrons. The second-order valence-electron chi connectivity index (χ2n) is 5.64. The first-order valence-electron chi connectivity index (χ1n) is 7.77. The molecule has 0 radical (unpaired) electrons. The molecule has 1 aliphatic carbocycles. The van der Waals surface area contributed by atoms with Crippen molar-refractivity contribution in [1.82, 2.24) is 10.3 Å². The maximum Gasteiger partial charge on any atom is 0.133 e. The number of nitrogens with zero attached hydrogens (tertiary/aromatic N) is 2. The molecule has 0 spiro atoms. The van der Waals surface area contributed by atoms with Crippen molar-refractivity contribution in [2.24, 2.45) is 0 Å². The van der Waals surface area contributed by atoms with Crippen LogP contribution in [0.5, 0.6) is 0 Å². The minimum atomic E-state index is 0.181. The highest BCUT2D eigenvalue weighted by molar-refractivity contribution is 5.49. The number of rotatable bonds is 6. The van der Waals surface area contributed by atoms with Gasteiger partial charge in [0, 0.05) is 30.4 Å². The molecule has 1 aliphatic rings. The fraction of sp³-hybridized carbons (Fsp3) is 0.688. The Labute approximate surface area is 122 Å². The zero-order chi connectivity index (χ0) is 14.4. The molecule has 1 unspecified atom stereocenters. The molecule has 2 N–H and O–H groups in total. The molecular formula is C16H27N3O. The van der Waals surface area contributed by atoms with Crippen molar-refractivity contribution < 1.29 is 5.11 Å². The summed E-state index contributed by atoms with van der Waals surface area (Å²) in [6, 6.07) is 4.92. The lowest BCUT2D eigenvalue weighted by Gasteiger charge is -2.36. The van der Waals surface area contributed by atoms with E-state index in [1.807, 2.05) is 19.3 Å². The Balaban J connectivity index is 2.28. The summed E-state index contributed by atoms with van der Waals surface area (Å²) in [5.74, 6) is 1.04. The van der Waals surface area contributed by atoms with E-state index >= 15 is 0 Å². The Morgan fingerprint density at radius 1 is 1.40 bits per heavy atom. The minimum Gasteiger partial charge on any atom is -0.395 e. The Morgan fingerprint density at radius 2 is 2.15 bits per heavy atom. The van der Waals surface area contributed by atoms with E-state index in [0.717, 1.165) is 5.82 Å². The summed E-state index contributed by atoms with van der Waals surface area (Å²) >= 11 is 0. The van der Waals surface area contributed by atoms with Crippen molar-refractivity contribution in [2.45, 2.75) is 51.1 Å². The van der Waals surface area contributed by atoms with Crippen LogP contribution in [-0.4, -0.2) is 36.3 Å². The summed E-state index contributed by atoms with van der Waals surface area (Å²) in [4.78, 5) is 6.94. The summed E-state index contributed by atoms with van der Waals surface area (Å²) in [5.41, 5.74) is 1.22. The highest BCUT2D eigenvalue weighted by Crippen LogP contribution is 2.30. The lowest BCUT2D eigenvalue weighted by molar-refractivity contribution is 0.289. The second kappa shape index (κ2) is 7.60. The molecule has 0 aliphatic heterocycles. The van der Waals surface area contributed by atoms with E-state index in [1.54, 1.807) is 0 Å². The molecule has 0 aromatic carbocycles. The number of nitrogens with one attached hydrogen (secondary N) is 1.